The molecule has 0 spiro atoms. The molecule has 230 valence electrons. The number of hydrogen-bond acceptors (Lipinski definition) is 7. The van der Waals surface area contributed by atoms with Gasteiger partial charge in [-0.2, -0.15) is 5.26 Å². The van der Waals surface area contributed by atoms with Gasteiger partial charge >= 0.3 is 0 Å². The lowest BCUT2D eigenvalue weighted by molar-refractivity contribution is -0.131. The number of aromatic nitrogens is 1. The maximum atomic E-state index is 14.7. The van der Waals surface area contributed by atoms with E-state index in [2.05, 4.69) is 34.4 Å². The van der Waals surface area contributed by atoms with Gasteiger partial charge in [-0.05, 0) is 69.8 Å². The van der Waals surface area contributed by atoms with E-state index in [4.69, 9.17) is 9.72 Å². The highest BCUT2D eigenvalue weighted by Gasteiger charge is 2.35. The molecule has 3 aliphatic rings. The Kier molecular flexibility index (Phi) is 8.16. The summed E-state index contributed by atoms with van der Waals surface area (Å²) in [5.41, 5.74) is 4.52. The third-order valence-electron chi connectivity index (χ3n) is 9.48. The third kappa shape index (κ3) is 5.34. The zero-order chi connectivity index (χ0) is 31.1. The summed E-state index contributed by atoms with van der Waals surface area (Å²) in [6, 6.07) is 11.7. The molecule has 8 nitrogen and oxygen atoms in total. The fourth-order valence-electron chi connectivity index (χ4n) is 7.05. The van der Waals surface area contributed by atoms with Crippen LogP contribution in [-0.4, -0.2) is 79.2 Å². The van der Waals surface area contributed by atoms with Crippen LogP contribution in [0.1, 0.15) is 42.1 Å². The molecule has 0 radical (unpaired) electrons. The molecule has 44 heavy (non-hydrogen) atoms. The van der Waals surface area contributed by atoms with Crippen LogP contribution in [0.15, 0.2) is 42.7 Å². The number of carbonyl (C=O) groups excluding carboxylic acids is 1. The zero-order valence-corrected chi connectivity index (χ0v) is 25.6. The van der Waals surface area contributed by atoms with Crippen molar-refractivity contribution in [1.82, 2.24) is 14.8 Å². The average Bonchev–Trinajstić information content (AvgIpc) is 3.44. The number of likely N-dealkylation sites (tertiary alicyclic amines) is 1. The number of halogens is 2. The predicted octanol–water partition coefficient (Wildman–Crippen LogP) is 5.11. The number of fused-ring (bicyclic) bond motifs is 2. The van der Waals surface area contributed by atoms with Crippen molar-refractivity contribution in [2.24, 2.45) is 0 Å². The highest BCUT2D eigenvalue weighted by atomic mass is 19.1. The van der Waals surface area contributed by atoms with Gasteiger partial charge < -0.3 is 24.3 Å². The van der Waals surface area contributed by atoms with Gasteiger partial charge in [-0.25, -0.2) is 13.8 Å². The Hall–Kier alpha value is -4.23. The van der Waals surface area contributed by atoms with E-state index in [0.717, 1.165) is 52.8 Å². The molecule has 2 atom stereocenters. The van der Waals surface area contributed by atoms with Crippen LogP contribution in [0.4, 0.5) is 20.2 Å². The number of hydrogen-bond donors (Lipinski definition) is 0. The Morgan fingerprint density at radius 1 is 1.18 bits per heavy atom. The van der Waals surface area contributed by atoms with Crippen LogP contribution >= 0.6 is 0 Å². The molecule has 2 fully saturated rings. The van der Waals surface area contributed by atoms with Gasteiger partial charge in [-0.1, -0.05) is 24.8 Å². The molecule has 0 saturated carbocycles. The van der Waals surface area contributed by atoms with E-state index in [1.165, 1.54) is 11.0 Å². The Balaban J connectivity index is 1.39. The minimum absolute atomic E-state index is 0.239. The summed E-state index contributed by atoms with van der Waals surface area (Å²) in [6.07, 6.45) is 2.75. The topological polar surface area (TPSA) is 75.9 Å². The second kappa shape index (κ2) is 12.0. The molecule has 3 aromatic rings. The molecular weight excluding hydrogens is 562 g/mol. The number of ether oxygens (including phenoxy) is 1. The van der Waals surface area contributed by atoms with Crippen LogP contribution in [0.25, 0.3) is 10.8 Å². The number of piperazine rings is 1. The summed E-state index contributed by atoms with van der Waals surface area (Å²) in [6.45, 7) is 10.6. The van der Waals surface area contributed by atoms with Crippen LogP contribution in [0.2, 0.25) is 0 Å². The van der Waals surface area contributed by atoms with Crippen LogP contribution < -0.4 is 14.5 Å². The van der Waals surface area contributed by atoms with Crippen molar-refractivity contribution in [3.63, 3.8) is 0 Å². The predicted molar refractivity (Wildman–Crippen MR) is 167 cm³/mol. The zero-order valence-electron chi connectivity index (χ0n) is 25.6. The van der Waals surface area contributed by atoms with E-state index in [0.29, 0.717) is 62.8 Å². The maximum Gasteiger partial charge on any atom is 0.282 e. The van der Waals surface area contributed by atoms with Gasteiger partial charge in [-0.15, -0.1) is 0 Å². The summed E-state index contributed by atoms with van der Waals surface area (Å²) in [4.78, 5) is 25.5. The standard InChI is InChI=1S/C34H38F2N6O2/c1-21-18-41(15-16-42(21)34(43)23(3)35)32-26-12-14-40(30-9-5-7-24-10-11-28(36)22(2)31(24)30)19-29(26)38-33(27(32)17-37)44-20-25-8-6-13-39(25)4/h5,7,9-11,21,25H,3,6,8,12-16,18-20H2,1-2,4H3/t21-,25+/m1/s1. The van der Waals surface area contributed by atoms with Crippen molar-refractivity contribution < 1.29 is 18.3 Å². The number of anilines is 2. The quantitative estimate of drug-likeness (QED) is 0.364. The molecule has 6 rings (SSSR count). The second-order valence-corrected chi connectivity index (χ2v) is 12.2. The number of aryl methyl sites for hydroxylation is 1. The summed E-state index contributed by atoms with van der Waals surface area (Å²) in [7, 11) is 2.08. The fraction of sp³-hybridized carbons (Fsp3) is 0.441. The number of pyridine rings is 1. The first-order valence-electron chi connectivity index (χ1n) is 15.3. The lowest BCUT2D eigenvalue weighted by Crippen LogP contribution is -2.54. The molecule has 2 aromatic carbocycles. The molecule has 0 unspecified atom stereocenters. The summed E-state index contributed by atoms with van der Waals surface area (Å²) in [5, 5.41) is 12.3. The Morgan fingerprint density at radius 3 is 2.70 bits per heavy atom. The van der Waals surface area contributed by atoms with Crippen LogP contribution in [0.5, 0.6) is 5.88 Å². The minimum atomic E-state index is -0.972. The molecule has 10 heteroatoms. The Morgan fingerprint density at radius 2 is 2.00 bits per heavy atom. The first-order chi connectivity index (χ1) is 21.2. The van der Waals surface area contributed by atoms with E-state index < -0.39 is 11.7 Å². The van der Waals surface area contributed by atoms with Crippen LogP contribution in [0.3, 0.4) is 0 Å². The molecule has 3 aliphatic heterocycles. The molecule has 2 saturated heterocycles. The highest BCUT2D eigenvalue weighted by molar-refractivity contribution is 5.97. The van der Waals surface area contributed by atoms with E-state index in [1.54, 1.807) is 0 Å². The highest BCUT2D eigenvalue weighted by Crippen LogP contribution is 2.40. The largest absolute Gasteiger partial charge is 0.475 e. The number of carbonyl (C=O) groups is 1. The molecule has 0 bridgehead atoms. The summed E-state index contributed by atoms with van der Waals surface area (Å²) < 4.78 is 34.8. The molecular formula is C34H38F2N6O2. The molecule has 0 N–H and O–H groups in total. The first-order valence-corrected chi connectivity index (χ1v) is 15.3. The van der Waals surface area contributed by atoms with E-state index in [1.807, 2.05) is 38.1 Å². The van der Waals surface area contributed by atoms with Gasteiger partial charge in [0.2, 0.25) is 5.88 Å². The van der Waals surface area contributed by atoms with Crippen molar-refractivity contribution in [3.8, 4) is 11.9 Å². The van der Waals surface area contributed by atoms with E-state index in [9.17, 15) is 18.8 Å². The van der Waals surface area contributed by atoms with Crippen molar-refractivity contribution in [1.29, 1.82) is 5.26 Å². The fourth-order valence-corrected chi connectivity index (χ4v) is 7.05. The molecule has 1 amide bonds. The Labute approximate surface area is 257 Å². The molecule has 0 aliphatic carbocycles. The van der Waals surface area contributed by atoms with Crippen molar-refractivity contribution in [2.75, 3.05) is 56.2 Å². The second-order valence-electron chi connectivity index (χ2n) is 12.2. The van der Waals surface area contributed by atoms with Crippen LogP contribution in [-0.2, 0) is 17.8 Å². The van der Waals surface area contributed by atoms with Crippen LogP contribution in [0, 0.1) is 24.1 Å². The van der Waals surface area contributed by atoms with Gasteiger partial charge in [0, 0.05) is 54.9 Å². The maximum absolute atomic E-state index is 14.7. The van der Waals surface area contributed by atoms with Gasteiger partial charge in [0.15, 0.2) is 5.83 Å². The van der Waals surface area contributed by atoms with Gasteiger partial charge in [0.25, 0.3) is 5.91 Å². The van der Waals surface area contributed by atoms with Gasteiger partial charge in [0.05, 0.1) is 17.9 Å². The van der Waals surface area contributed by atoms with Crippen molar-refractivity contribution in [3.05, 3.63) is 70.9 Å². The SMILES string of the molecule is C=C(F)C(=O)N1CCN(c2c(C#N)c(OC[C@@H]3CCCN3C)nc3c2CCN(c2cccc4ccc(F)c(C)c24)C3)C[C@H]1C. The molecule has 4 heterocycles. The number of nitriles is 1. The van der Waals surface area contributed by atoms with Crippen molar-refractivity contribution >= 4 is 28.1 Å². The minimum Gasteiger partial charge on any atom is -0.475 e. The number of nitrogens with zero attached hydrogens (tertiary/aromatic N) is 6. The van der Waals surface area contributed by atoms with Crippen molar-refractivity contribution in [2.45, 2.75) is 51.7 Å². The summed E-state index contributed by atoms with van der Waals surface area (Å²) in [5.74, 6) is -1.60. The monoisotopic (exact) mass is 600 g/mol. The number of benzene rings is 2. The third-order valence-corrected chi connectivity index (χ3v) is 9.48. The number of likely N-dealkylation sites (N-methyl/N-ethyl adjacent to an activating group) is 1. The summed E-state index contributed by atoms with van der Waals surface area (Å²) >= 11 is 0. The van der Waals surface area contributed by atoms with Gasteiger partial charge in [0.1, 0.15) is 24.1 Å². The average molecular weight is 601 g/mol. The number of rotatable bonds is 6. The lowest BCUT2D eigenvalue weighted by Gasteiger charge is -2.42. The normalized spacial score (nSPS) is 20.5. The van der Waals surface area contributed by atoms with Gasteiger partial charge in [-0.3, -0.25) is 4.79 Å². The first kappa shape index (κ1) is 29.8. The number of amides is 1. The van der Waals surface area contributed by atoms with E-state index >= 15 is 0 Å². The van der Waals surface area contributed by atoms with E-state index in [-0.39, 0.29) is 17.9 Å². The molecule has 1 aromatic heterocycles. The lowest BCUT2D eigenvalue weighted by atomic mass is 9.96. The smallest absolute Gasteiger partial charge is 0.282 e. The Bertz CT molecular complexity index is 1670.